The van der Waals surface area contributed by atoms with E-state index in [4.69, 9.17) is 19.5 Å². The monoisotopic (exact) mass is 353 g/mol. The quantitative estimate of drug-likeness (QED) is 0.561. The van der Waals surface area contributed by atoms with Crippen LogP contribution in [0.3, 0.4) is 0 Å². The number of ether oxygens (including phenoxy) is 3. The van der Waals surface area contributed by atoms with Gasteiger partial charge in [0.25, 0.3) is 0 Å². The van der Waals surface area contributed by atoms with Gasteiger partial charge in [0.05, 0.1) is 18.7 Å². The van der Waals surface area contributed by atoms with Crippen LogP contribution < -0.4 is 9.47 Å². The number of Topliss-reactive ketones (excluding diaryl/α,β-unsaturated/α-hetero) is 1. The van der Waals surface area contributed by atoms with Crippen LogP contribution in [0.15, 0.2) is 48.5 Å². The molecule has 0 aliphatic rings. The molecule has 0 aromatic heterocycles. The summed E-state index contributed by atoms with van der Waals surface area (Å²) in [6, 6.07) is 14.9. The summed E-state index contributed by atoms with van der Waals surface area (Å²) in [6.07, 6.45) is -1.84. The Morgan fingerprint density at radius 3 is 2.04 bits per heavy atom. The summed E-state index contributed by atoms with van der Waals surface area (Å²) in [5.41, 5.74) is 0.915. The van der Waals surface area contributed by atoms with E-state index in [1.807, 2.05) is 6.07 Å². The molecule has 2 aromatic rings. The van der Waals surface area contributed by atoms with E-state index in [1.54, 1.807) is 48.5 Å². The van der Waals surface area contributed by atoms with Crippen LogP contribution in [0.4, 0.5) is 0 Å². The third-order valence-corrected chi connectivity index (χ3v) is 3.66. The van der Waals surface area contributed by atoms with E-state index in [0.717, 1.165) is 0 Å². The smallest absolute Gasteiger partial charge is 0.347 e. The zero-order chi connectivity index (χ0) is 19.1. The minimum absolute atomic E-state index is 0.313. The summed E-state index contributed by atoms with van der Waals surface area (Å²) in [5, 5.41) is 8.77. The van der Waals surface area contributed by atoms with Crippen molar-refractivity contribution in [1.82, 2.24) is 0 Å². The highest BCUT2D eigenvalue weighted by molar-refractivity contribution is 6.00. The number of carbonyl (C=O) groups excluding carboxylic acids is 2. The third-order valence-electron chi connectivity index (χ3n) is 3.66. The summed E-state index contributed by atoms with van der Waals surface area (Å²) in [7, 11) is 1.54. The largest absolute Gasteiger partial charge is 0.497 e. The van der Waals surface area contributed by atoms with Crippen LogP contribution in [0.1, 0.15) is 29.8 Å². The Labute approximate surface area is 151 Å². The molecule has 0 spiro atoms. The Balaban J connectivity index is 1.93. The Morgan fingerprint density at radius 1 is 0.923 bits per heavy atom. The molecule has 2 rings (SSSR count). The average Bonchev–Trinajstić information content (AvgIpc) is 2.67. The lowest BCUT2D eigenvalue weighted by molar-refractivity contribution is -0.153. The van der Waals surface area contributed by atoms with Gasteiger partial charge < -0.3 is 14.2 Å². The summed E-state index contributed by atoms with van der Waals surface area (Å²) in [5.74, 6) is 0.105. The van der Waals surface area contributed by atoms with Crippen molar-refractivity contribution in [2.75, 3.05) is 7.11 Å². The van der Waals surface area contributed by atoms with Gasteiger partial charge in [0.2, 0.25) is 5.78 Å². The van der Waals surface area contributed by atoms with Gasteiger partial charge in [0.15, 0.2) is 12.2 Å². The third kappa shape index (κ3) is 4.84. The Morgan fingerprint density at radius 2 is 1.50 bits per heavy atom. The zero-order valence-corrected chi connectivity index (χ0v) is 14.8. The topological polar surface area (TPSA) is 85.6 Å². The summed E-state index contributed by atoms with van der Waals surface area (Å²) in [4.78, 5) is 24.5. The maximum Gasteiger partial charge on any atom is 0.347 e. The van der Waals surface area contributed by atoms with Crippen molar-refractivity contribution in [3.63, 3.8) is 0 Å². The van der Waals surface area contributed by atoms with Crippen molar-refractivity contribution in [3.05, 3.63) is 59.7 Å². The van der Waals surface area contributed by atoms with Crippen molar-refractivity contribution in [2.45, 2.75) is 26.1 Å². The van der Waals surface area contributed by atoms with Crippen LogP contribution in [0, 0.1) is 11.3 Å². The molecule has 26 heavy (non-hydrogen) atoms. The first-order valence-corrected chi connectivity index (χ1v) is 8.00. The minimum Gasteiger partial charge on any atom is -0.497 e. The summed E-state index contributed by atoms with van der Waals surface area (Å²) < 4.78 is 15.7. The molecular formula is C20H19NO5. The van der Waals surface area contributed by atoms with Crippen LogP contribution in [-0.4, -0.2) is 31.1 Å². The van der Waals surface area contributed by atoms with Gasteiger partial charge in [0, 0.05) is 5.56 Å². The lowest BCUT2D eigenvalue weighted by Gasteiger charge is -2.17. The van der Waals surface area contributed by atoms with E-state index in [2.05, 4.69) is 0 Å². The van der Waals surface area contributed by atoms with Gasteiger partial charge >= 0.3 is 5.97 Å². The predicted molar refractivity (Wildman–Crippen MR) is 94.1 cm³/mol. The molecule has 0 heterocycles. The maximum atomic E-state index is 12.3. The van der Waals surface area contributed by atoms with E-state index in [-0.39, 0.29) is 5.78 Å². The van der Waals surface area contributed by atoms with Crippen LogP contribution in [-0.2, 0) is 9.53 Å². The lowest BCUT2D eigenvalue weighted by atomic mass is 10.1. The van der Waals surface area contributed by atoms with Gasteiger partial charge in [-0.3, -0.25) is 4.79 Å². The van der Waals surface area contributed by atoms with Crippen LogP contribution in [0.2, 0.25) is 0 Å². The van der Waals surface area contributed by atoms with Gasteiger partial charge in [-0.2, -0.15) is 5.26 Å². The van der Waals surface area contributed by atoms with Gasteiger partial charge in [-0.05, 0) is 62.4 Å². The second kappa shape index (κ2) is 8.67. The molecule has 6 nitrogen and oxygen atoms in total. The highest BCUT2D eigenvalue weighted by atomic mass is 16.6. The molecule has 0 aliphatic carbocycles. The van der Waals surface area contributed by atoms with E-state index >= 15 is 0 Å². The fraction of sp³-hybridized carbons (Fsp3) is 0.250. The van der Waals surface area contributed by atoms with Crippen LogP contribution >= 0.6 is 0 Å². The van der Waals surface area contributed by atoms with Gasteiger partial charge in [-0.25, -0.2) is 4.79 Å². The van der Waals surface area contributed by atoms with Crippen molar-refractivity contribution in [1.29, 1.82) is 5.26 Å². The molecule has 0 bridgehead atoms. The van der Waals surface area contributed by atoms with E-state index in [1.165, 1.54) is 21.0 Å². The molecule has 0 aliphatic heterocycles. The van der Waals surface area contributed by atoms with E-state index in [9.17, 15) is 9.59 Å². The fourth-order valence-electron chi connectivity index (χ4n) is 2.17. The first-order valence-electron chi connectivity index (χ1n) is 8.00. The van der Waals surface area contributed by atoms with Gasteiger partial charge in [-0.15, -0.1) is 0 Å². The van der Waals surface area contributed by atoms with Crippen molar-refractivity contribution in [3.8, 4) is 17.6 Å². The lowest BCUT2D eigenvalue weighted by Crippen LogP contribution is -2.32. The molecule has 6 heteroatoms. The van der Waals surface area contributed by atoms with Crippen molar-refractivity contribution < 1.29 is 23.8 Å². The molecule has 0 unspecified atom stereocenters. The van der Waals surface area contributed by atoms with E-state index in [0.29, 0.717) is 22.6 Å². The SMILES string of the molecule is COc1ccc(C(=O)[C@H](C)OC(=O)[C@H](C)Oc2ccc(C#N)cc2)cc1. The standard InChI is InChI=1S/C20H19NO5/c1-13(19(22)16-6-10-17(24-3)11-7-16)26-20(23)14(2)25-18-8-4-15(12-21)5-9-18/h4-11,13-14H,1-3H3/t13-,14-/m0/s1. The number of methoxy groups -OCH3 is 1. The molecule has 0 saturated carbocycles. The molecule has 0 radical (unpaired) electrons. The molecule has 134 valence electrons. The average molecular weight is 353 g/mol. The molecule has 0 N–H and O–H groups in total. The second-order valence-electron chi connectivity index (χ2n) is 5.57. The van der Waals surface area contributed by atoms with Gasteiger partial charge in [-0.1, -0.05) is 0 Å². The molecule has 0 saturated heterocycles. The fourth-order valence-corrected chi connectivity index (χ4v) is 2.17. The van der Waals surface area contributed by atoms with Gasteiger partial charge in [0.1, 0.15) is 11.5 Å². The number of nitrogens with zero attached hydrogens (tertiary/aromatic N) is 1. The highest BCUT2D eigenvalue weighted by Gasteiger charge is 2.24. The number of rotatable bonds is 7. The predicted octanol–water partition coefficient (Wildman–Crippen LogP) is 3.15. The number of carbonyl (C=O) groups is 2. The molecule has 2 aromatic carbocycles. The number of nitriles is 1. The Hall–Kier alpha value is -3.33. The van der Waals surface area contributed by atoms with E-state index < -0.39 is 18.2 Å². The summed E-state index contributed by atoms with van der Waals surface area (Å²) in [6.45, 7) is 3.05. The van der Waals surface area contributed by atoms with Crippen molar-refractivity contribution in [2.24, 2.45) is 0 Å². The molecular weight excluding hydrogens is 334 g/mol. The number of hydrogen-bond donors (Lipinski definition) is 0. The Kier molecular flexibility index (Phi) is 6.34. The number of hydrogen-bond acceptors (Lipinski definition) is 6. The molecule has 0 amide bonds. The van der Waals surface area contributed by atoms with Crippen LogP contribution in [0.5, 0.6) is 11.5 Å². The first-order chi connectivity index (χ1) is 12.4. The Bertz CT molecular complexity index is 806. The minimum atomic E-state index is -0.942. The number of benzene rings is 2. The molecule has 0 fully saturated rings. The highest BCUT2D eigenvalue weighted by Crippen LogP contribution is 2.16. The first kappa shape index (κ1) is 19.0. The number of ketones is 1. The normalized spacial score (nSPS) is 12.4. The molecule has 2 atom stereocenters. The van der Waals surface area contributed by atoms with Crippen LogP contribution in [0.25, 0.3) is 0 Å². The summed E-state index contributed by atoms with van der Waals surface area (Å²) >= 11 is 0. The maximum absolute atomic E-state index is 12.3. The second-order valence-corrected chi connectivity index (χ2v) is 5.57. The zero-order valence-electron chi connectivity index (χ0n) is 14.8. The van der Waals surface area contributed by atoms with Crippen molar-refractivity contribution >= 4 is 11.8 Å². The number of esters is 1.